The van der Waals surface area contributed by atoms with Gasteiger partial charge in [-0.2, -0.15) is 0 Å². The largest absolute Gasteiger partial charge is 0.324 e. The third-order valence-corrected chi connectivity index (χ3v) is 3.93. The topological polar surface area (TPSA) is 66.5 Å². The Bertz CT molecular complexity index is 886. The van der Waals surface area contributed by atoms with Crippen LogP contribution in [0, 0.1) is 11.6 Å². The first-order valence-electron chi connectivity index (χ1n) is 6.77. The molecule has 0 aliphatic carbocycles. The Morgan fingerprint density at radius 1 is 1.00 bits per heavy atom. The third-order valence-electron chi connectivity index (χ3n) is 3.44. The van der Waals surface area contributed by atoms with Crippen molar-refractivity contribution in [3.63, 3.8) is 0 Å². The first kappa shape index (κ1) is 16.3. The van der Waals surface area contributed by atoms with Crippen LogP contribution in [0.4, 0.5) is 14.5 Å². The molecule has 0 aromatic heterocycles. The molecule has 2 aromatic carbocycles. The molecule has 1 aliphatic heterocycles. The van der Waals surface area contributed by atoms with E-state index in [2.05, 4.69) is 21.2 Å². The SMILES string of the molecule is O=C(CN1C(=O)c2ccc(Br)cc2C1=O)Nc1ccc(F)c(F)c1. The molecule has 122 valence electrons. The lowest BCUT2D eigenvalue weighted by molar-refractivity contribution is -0.116. The highest BCUT2D eigenvalue weighted by Gasteiger charge is 2.36. The fraction of sp³-hybridized carbons (Fsp3) is 0.0625. The predicted molar refractivity (Wildman–Crippen MR) is 84.5 cm³/mol. The highest BCUT2D eigenvalue weighted by atomic mass is 79.9. The highest BCUT2D eigenvalue weighted by molar-refractivity contribution is 9.10. The first-order chi connectivity index (χ1) is 11.4. The van der Waals surface area contributed by atoms with Gasteiger partial charge in [0.1, 0.15) is 6.54 Å². The number of halogens is 3. The average molecular weight is 395 g/mol. The van der Waals surface area contributed by atoms with Gasteiger partial charge >= 0.3 is 0 Å². The minimum absolute atomic E-state index is 0.0262. The van der Waals surface area contributed by atoms with Crippen molar-refractivity contribution < 1.29 is 23.2 Å². The molecule has 0 atom stereocenters. The number of carbonyl (C=O) groups excluding carboxylic acids is 3. The van der Waals surface area contributed by atoms with E-state index < -0.39 is 35.9 Å². The van der Waals surface area contributed by atoms with Crippen molar-refractivity contribution >= 4 is 39.3 Å². The number of anilines is 1. The van der Waals surface area contributed by atoms with E-state index in [0.717, 1.165) is 17.0 Å². The summed E-state index contributed by atoms with van der Waals surface area (Å²) in [7, 11) is 0. The molecular formula is C16H9BrF2N2O3. The summed E-state index contributed by atoms with van der Waals surface area (Å²) in [5.74, 6) is -4.02. The Balaban J connectivity index is 1.74. The summed E-state index contributed by atoms with van der Waals surface area (Å²) in [6.45, 7) is -0.525. The fourth-order valence-electron chi connectivity index (χ4n) is 2.32. The molecular weight excluding hydrogens is 386 g/mol. The molecule has 0 saturated heterocycles. The van der Waals surface area contributed by atoms with E-state index in [1.807, 2.05) is 0 Å². The monoisotopic (exact) mass is 394 g/mol. The molecule has 0 spiro atoms. The van der Waals surface area contributed by atoms with Crippen molar-refractivity contribution in [2.24, 2.45) is 0 Å². The van der Waals surface area contributed by atoms with E-state index in [-0.39, 0.29) is 16.8 Å². The number of nitrogens with zero attached hydrogens (tertiary/aromatic N) is 1. The lowest BCUT2D eigenvalue weighted by Crippen LogP contribution is -2.37. The second-order valence-corrected chi connectivity index (χ2v) is 5.98. The number of amides is 3. The van der Waals surface area contributed by atoms with Gasteiger partial charge in [0.25, 0.3) is 11.8 Å². The van der Waals surface area contributed by atoms with Crippen LogP contribution in [0.25, 0.3) is 0 Å². The number of imide groups is 1. The maximum Gasteiger partial charge on any atom is 0.262 e. The van der Waals surface area contributed by atoms with Crippen LogP contribution in [0.1, 0.15) is 20.7 Å². The molecule has 2 aromatic rings. The van der Waals surface area contributed by atoms with Crippen LogP contribution >= 0.6 is 15.9 Å². The molecule has 5 nitrogen and oxygen atoms in total. The maximum atomic E-state index is 13.1. The van der Waals surface area contributed by atoms with Crippen LogP contribution in [0.3, 0.4) is 0 Å². The van der Waals surface area contributed by atoms with Crippen LogP contribution in [-0.2, 0) is 4.79 Å². The van der Waals surface area contributed by atoms with E-state index in [9.17, 15) is 23.2 Å². The molecule has 1 N–H and O–H groups in total. The van der Waals surface area contributed by atoms with Crippen molar-refractivity contribution in [2.75, 3.05) is 11.9 Å². The standard InChI is InChI=1S/C16H9BrF2N2O3/c17-8-1-3-10-11(5-8)16(24)21(15(10)23)7-14(22)20-9-2-4-12(18)13(19)6-9/h1-6H,7H2,(H,20,22). The van der Waals surface area contributed by atoms with Gasteiger partial charge in [-0.1, -0.05) is 15.9 Å². The molecule has 3 amide bonds. The molecule has 8 heteroatoms. The van der Waals surface area contributed by atoms with Crippen molar-refractivity contribution in [1.29, 1.82) is 0 Å². The molecule has 0 saturated carbocycles. The zero-order valence-corrected chi connectivity index (χ0v) is 13.6. The number of fused-ring (bicyclic) bond motifs is 1. The number of rotatable bonds is 3. The fourth-order valence-corrected chi connectivity index (χ4v) is 2.69. The Morgan fingerprint density at radius 3 is 2.42 bits per heavy atom. The summed E-state index contributed by atoms with van der Waals surface area (Å²) in [5.41, 5.74) is 0.442. The van der Waals surface area contributed by atoms with Gasteiger partial charge in [0.15, 0.2) is 11.6 Å². The summed E-state index contributed by atoms with van der Waals surface area (Å²) in [6, 6.07) is 7.47. The molecule has 24 heavy (non-hydrogen) atoms. The summed E-state index contributed by atoms with van der Waals surface area (Å²) in [6.07, 6.45) is 0. The van der Waals surface area contributed by atoms with Crippen LogP contribution in [0.2, 0.25) is 0 Å². The average Bonchev–Trinajstić information content (AvgIpc) is 2.75. The van der Waals surface area contributed by atoms with E-state index in [4.69, 9.17) is 0 Å². The van der Waals surface area contributed by atoms with Crippen molar-refractivity contribution in [3.05, 3.63) is 63.6 Å². The molecule has 0 radical (unpaired) electrons. The summed E-state index contributed by atoms with van der Waals surface area (Å²) in [5, 5.41) is 2.32. The van der Waals surface area contributed by atoms with Crippen LogP contribution in [0.5, 0.6) is 0 Å². The van der Waals surface area contributed by atoms with Crippen molar-refractivity contribution in [2.45, 2.75) is 0 Å². The van der Waals surface area contributed by atoms with E-state index in [1.165, 1.54) is 18.2 Å². The van der Waals surface area contributed by atoms with Crippen LogP contribution < -0.4 is 5.32 Å². The minimum atomic E-state index is -1.11. The lowest BCUT2D eigenvalue weighted by Gasteiger charge is -2.13. The van der Waals surface area contributed by atoms with Crippen molar-refractivity contribution in [1.82, 2.24) is 4.90 Å². The number of nitrogens with one attached hydrogen (secondary N) is 1. The second kappa shape index (κ2) is 6.12. The van der Waals surface area contributed by atoms with Crippen molar-refractivity contribution in [3.8, 4) is 0 Å². The number of benzene rings is 2. The highest BCUT2D eigenvalue weighted by Crippen LogP contribution is 2.26. The Kier molecular flexibility index (Phi) is 4.15. The van der Waals surface area contributed by atoms with Gasteiger partial charge in [-0.05, 0) is 30.3 Å². The molecule has 0 bridgehead atoms. The van der Waals surface area contributed by atoms with E-state index in [0.29, 0.717) is 4.47 Å². The van der Waals surface area contributed by atoms with E-state index in [1.54, 1.807) is 6.07 Å². The number of hydrogen-bond acceptors (Lipinski definition) is 3. The Morgan fingerprint density at radius 2 is 1.71 bits per heavy atom. The van der Waals surface area contributed by atoms with Gasteiger partial charge in [0, 0.05) is 16.2 Å². The van der Waals surface area contributed by atoms with Crippen LogP contribution in [0.15, 0.2) is 40.9 Å². The predicted octanol–water partition coefficient (Wildman–Crippen LogP) is 2.96. The summed E-state index contributed by atoms with van der Waals surface area (Å²) in [4.78, 5) is 37.2. The summed E-state index contributed by atoms with van der Waals surface area (Å²) < 4.78 is 26.6. The Labute approximate surface area is 143 Å². The maximum absolute atomic E-state index is 13.1. The van der Waals surface area contributed by atoms with Crippen LogP contribution in [-0.4, -0.2) is 29.2 Å². The lowest BCUT2D eigenvalue weighted by atomic mass is 10.1. The molecule has 0 unspecified atom stereocenters. The van der Waals surface area contributed by atoms with Gasteiger partial charge in [0.05, 0.1) is 11.1 Å². The number of carbonyl (C=O) groups is 3. The smallest absolute Gasteiger partial charge is 0.262 e. The number of hydrogen-bond donors (Lipinski definition) is 1. The van der Waals surface area contributed by atoms with Gasteiger partial charge in [-0.25, -0.2) is 8.78 Å². The first-order valence-corrected chi connectivity index (χ1v) is 7.57. The third kappa shape index (κ3) is 2.92. The van der Waals surface area contributed by atoms with Gasteiger partial charge in [-0.15, -0.1) is 0 Å². The molecule has 1 aliphatic rings. The molecule has 0 fully saturated rings. The zero-order valence-electron chi connectivity index (χ0n) is 12.0. The molecule has 3 rings (SSSR count). The summed E-state index contributed by atoms with van der Waals surface area (Å²) >= 11 is 3.21. The van der Waals surface area contributed by atoms with Gasteiger partial charge < -0.3 is 5.32 Å². The zero-order chi connectivity index (χ0) is 17.4. The van der Waals surface area contributed by atoms with E-state index >= 15 is 0 Å². The molecule has 1 heterocycles. The van der Waals surface area contributed by atoms with Gasteiger partial charge in [0.2, 0.25) is 5.91 Å². The normalized spacial score (nSPS) is 13.2. The Hall–Kier alpha value is -2.61. The van der Waals surface area contributed by atoms with Gasteiger partial charge in [-0.3, -0.25) is 19.3 Å². The minimum Gasteiger partial charge on any atom is -0.324 e. The second-order valence-electron chi connectivity index (χ2n) is 5.06. The quantitative estimate of drug-likeness (QED) is 0.813.